The van der Waals surface area contributed by atoms with Crippen molar-refractivity contribution in [2.24, 2.45) is 5.92 Å². The number of hydrogen-bond acceptors (Lipinski definition) is 10. The fourth-order valence-electron chi connectivity index (χ4n) is 6.17. The van der Waals surface area contributed by atoms with E-state index in [4.69, 9.17) is 16.9 Å². The lowest BCUT2D eigenvalue weighted by atomic mass is 9.91. The van der Waals surface area contributed by atoms with Crippen molar-refractivity contribution in [3.8, 4) is 6.07 Å². The number of nitrogens with one attached hydrogen (secondary N) is 2. The smallest absolute Gasteiger partial charge is 0.229 e. The largest absolute Gasteiger partial charge is 0.371 e. The van der Waals surface area contributed by atoms with Gasteiger partial charge in [-0.05, 0) is 74.9 Å². The lowest BCUT2D eigenvalue weighted by molar-refractivity contribution is 0.0435. The summed E-state index contributed by atoms with van der Waals surface area (Å²) in [6.45, 7) is 9.74. The second-order valence-electron chi connectivity index (χ2n) is 11.8. The van der Waals surface area contributed by atoms with Gasteiger partial charge < -0.3 is 20.1 Å². The molecule has 6 rings (SSSR count). The van der Waals surface area contributed by atoms with E-state index in [9.17, 15) is 4.57 Å². The average Bonchev–Trinajstić information content (AvgIpc) is 2.96. The van der Waals surface area contributed by atoms with Gasteiger partial charge >= 0.3 is 0 Å². The third-order valence-corrected chi connectivity index (χ3v) is 10.1. The molecule has 10 nitrogen and oxygen atoms in total. The fourth-order valence-corrected chi connectivity index (χ4v) is 7.70. The number of benzene rings is 2. The van der Waals surface area contributed by atoms with Crippen LogP contribution in [0.25, 0.3) is 11.0 Å². The molecule has 4 heterocycles. The lowest BCUT2D eigenvalue weighted by Gasteiger charge is -2.47. The van der Waals surface area contributed by atoms with Gasteiger partial charge in [0.15, 0.2) is 5.82 Å². The van der Waals surface area contributed by atoms with Crippen LogP contribution < -0.4 is 20.8 Å². The molecule has 2 fully saturated rings. The van der Waals surface area contributed by atoms with E-state index in [1.54, 1.807) is 31.9 Å². The number of hydrogen-bond donors (Lipinski definition) is 2. The Kier molecular flexibility index (Phi) is 8.23. The predicted molar refractivity (Wildman–Crippen MR) is 174 cm³/mol. The van der Waals surface area contributed by atoms with E-state index in [2.05, 4.69) is 65.5 Å². The average molecular weight is 616 g/mol. The normalized spacial score (nSPS) is 16.6. The van der Waals surface area contributed by atoms with Gasteiger partial charge in [0, 0.05) is 62.4 Å². The Morgan fingerprint density at radius 2 is 1.84 bits per heavy atom. The summed E-state index contributed by atoms with van der Waals surface area (Å²) in [5.41, 5.74) is 5.18. The van der Waals surface area contributed by atoms with Crippen LogP contribution in [0, 0.1) is 24.2 Å². The highest BCUT2D eigenvalue weighted by atomic mass is 35.5. The summed E-state index contributed by atoms with van der Waals surface area (Å²) >= 11 is 6.50. The Morgan fingerprint density at radius 3 is 2.56 bits per heavy atom. The van der Waals surface area contributed by atoms with E-state index < -0.39 is 7.14 Å². The third kappa shape index (κ3) is 6.30. The molecule has 12 heteroatoms. The van der Waals surface area contributed by atoms with Crippen molar-refractivity contribution in [1.29, 1.82) is 5.26 Å². The SMILES string of the molecule is Cc1cc(Nc2ncc(Cl)c(Nc3ccc4nccnc4c3P(C)(C)=O)n2)ccc1N1CCC(N2CC(CC#N)C2)CC1. The molecule has 0 spiro atoms. The van der Waals surface area contributed by atoms with Crippen molar-refractivity contribution in [2.75, 3.05) is 55.0 Å². The Balaban J connectivity index is 1.14. The fraction of sp³-hybridized carbons (Fsp3) is 0.387. The first-order valence-electron chi connectivity index (χ1n) is 14.5. The summed E-state index contributed by atoms with van der Waals surface area (Å²) in [6.07, 6.45) is 7.72. The highest BCUT2D eigenvalue weighted by molar-refractivity contribution is 7.71. The van der Waals surface area contributed by atoms with Gasteiger partial charge in [0.25, 0.3) is 0 Å². The van der Waals surface area contributed by atoms with Crippen molar-refractivity contribution in [1.82, 2.24) is 24.8 Å². The summed E-state index contributed by atoms with van der Waals surface area (Å²) in [5, 5.41) is 16.4. The molecule has 2 aliphatic heterocycles. The van der Waals surface area contributed by atoms with Crippen LogP contribution in [-0.2, 0) is 4.57 Å². The van der Waals surface area contributed by atoms with Crippen LogP contribution in [0.15, 0.2) is 48.9 Å². The lowest BCUT2D eigenvalue weighted by Crippen LogP contribution is -2.55. The molecule has 2 aliphatic rings. The number of rotatable bonds is 8. The second kappa shape index (κ2) is 12.1. The number of halogens is 1. The minimum absolute atomic E-state index is 0.339. The van der Waals surface area contributed by atoms with E-state index in [-0.39, 0.29) is 0 Å². The molecule has 0 saturated carbocycles. The summed E-state index contributed by atoms with van der Waals surface area (Å²) in [4.78, 5) is 22.9. The standard InChI is InChI=1S/C31H35ClN9OP/c1-20-16-22(4-7-27(20)40-14-9-23(10-15-40)41-18-21(19-41)8-11-33)37-31-36-17-24(32)30(39-31)38-26-6-5-25-28(35-13-12-34-25)29(26)43(2,3)42/h4-7,12-13,16-17,21,23H,8-10,14-15,18-19H2,1-3H3,(H2,36,37,38,39). The highest BCUT2D eigenvalue weighted by Crippen LogP contribution is 2.41. The molecule has 0 atom stereocenters. The Morgan fingerprint density at radius 1 is 1.07 bits per heavy atom. The molecule has 4 aromatic rings. The van der Waals surface area contributed by atoms with Crippen molar-refractivity contribution < 1.29 is 4.57 Å². The van der Waals surface area contributed by atoms with Gasteiger partial charge in [-0.1, -0.05) is 11.6 Å². The van der Waals surface area contributed by atoms with E-state index >= 15 is 0 Å². The van der Waals surface area contributed by atoms with Gasteiger partial charge in [-0.15, -0.1) is 0 Å². The number of nitriles is 1. The van der Waals surface area contributed by atoms with E-state index in [0.717, 1.165) is 44.7 Å². The zero-order chi connectivity index (χ0) is 30.1. The molecule has 222 valence electrons. The molecule has 43 heavy (non-hydrogen) atoms. The Labute approximate surface area is 256 Å². The molecular weight excluding hydrogens is 581 g/mol. The number of likely N-dealkylation sites (tertiary alicyclic amines) is 1. The van der Waals surface area contributed by atoms with Gasteiger partial charge in [0.2, 0.25) is 5.95 Å². The first-order valence-corrected chi connectivity index (χ1v) is 17.5. The van der Waals surface area contributed by atoms with Crippen molar-refractivity contribution in [3.05, 3.63) is 59.5 Å². The number of fused-ring (bicyclic) bond motifs is 1. The zero-order valence-corrected chi connectivity index (χ0v) is 26.2. The molecule has 2 aromatic heterocycles. The maximum atomic E-state index is 13.3. The number of piperidine rings is 1. The molecule has 0 unspecified atom stereocenters. The number of aryl methyl sites for hydroxylation is 1. The number of anilines is 5. The number of aromatic nitrogens is 4. The van der Waals surface area contributed by atoms with E-state index in [1.165, 1.54) is 11.3 Å². The Bertz CT molecular complexity index is 1740. The zero-order valence-electron chi connectivity index (χ0n) is 24.6. The van der Waals surface area contributed by atoms with Crippen molar-refractivity contribution in [3.63, 3.8) is 0 Å². The maximum absolute atomic E-state index is 13.3. The van der Waals surface area contributed by atoms with Crippen LogP contribution in [0.3, 0.4) is 0 Å². The molecule has 0 aliphatic carbocycles. The molecular formula is C31H35ClN9OP. The van der Waals surface area contributed by atoms with Crippen molar-refractivity contribution >= 4 is 63.9 Å². The van der Waals surface area contributed by atoms with Gasteiger partial charge in [-0.3, -0.25) is 14.9 Å². The first-order chi connectivity index (χ1) is 20.7. The minimum atomic E-state index is -2.74. The predicted octanol–water partition coefficient (Wildman–Crippen LogP) is 5.93. The molecule has 0 amide bonds. The van der Waals surface area contributed by atoms with Gasteiger partial charge in [0.05, 0.1) is 28.8 Å². The van der Waals surface area contributed by atoms with E-state index in [0.29, 0.717) is 57.2 Å². The number of nitrogens with zero attached hydrogens (tertiary/aromatic N) is 7. The van der Waals surface area contributed by atoms with Crippen LogP contribution in [0.1, 0.15) is 24.8 Å². The van der Waals surface area contributed by atoms with E-state index in [1.807, 2.05) is 18.2 Å². The second-order valence-corrected chi connectivity index (χ2v) is 15.3. The summed E-state index contributed by atoms with van der Waals surface area (Å²) in [7, 11) is -2.74. The summed E-state index contributed by atoms with van der Waals surface area (Å²) in [6, 6.07) is 12.9. The first kappa shape index (κ1) is 29.3. The molecule has 0 bridgehead atoms. The van der Waals surface area contributed by atoms with Gasteiger partial charge in [-0.2, -0.15) is 10.2 Å². The molecule has 2 N–H and O–H groups in total. The van der Waals surface area contributed by atoms with Crippen LogP contribution in [-0.4, -0.2) is 70.4 Å². The topological polar surface area (TPSA) is 123 Å². The molecule has 0 radical (unpaired) electrons. The monoisotopic (exact) mass is 615 g/mol. The van der Waals surface area contributed by atoms with Crippen LogP contribution in [0.2, 0.25) is 5.02 Å². The summed E-state index contributed by atoms with van der Waals surface area (Å²) < 4.78 is 13.3. The van der Waals surface area contributed by atoms with Crippen LogP contribution in [0.5, 0.6) is 0 Å². The van der Waals surface area contributed by atoms with Gasteiger partial charge in [-0.25, -0.2) is 4.98 Å². The Hall–Kier alpha value is -3.77. The highest BCUT2D eigenvalue weighted by Gasteiger charge is 2.34. The minimum Gasteiger partial charge on any atom is -0.371 e. The van der Waals surface area contributed by atoms with Crippen LogP contribution in [0.4, 0.5) is 28.8 Å². The maximum Gasteiger partial charge on any atom is 0.229 e. The van der Waals surface area contributed by atoms with Crippen molar-refractivity contribution in [2.45, 2.75) is 32.2 Å². The molecule has 2 aromatic carbocycles. The third-order valence-electron chi connectivity index (χ3n) is 8.29. The quantitative estimate of drug-likeness (QED) is 0.231. The van der Waals surface area contributed by atoms with Gasteiger partial charge in [0.1, 0.15) is 17.7 Å². The summed E-state index contributed by atoms with van der Waals surface area (Å²) in [5.74, 6) is 1.34. The molecule has 2 saturated heterocycles. The van der Waals surface area contributed by atoms with Crippen LogP contribution >= 0.6 is 18.7 Å².